The van der Waals surface area contributed by atoms with E-state index in [9.17, 15) is 9.59 Å². The quantitative estimate of drug-likeness (QED) is 0.836. The van der Waals surface area contributed by atoms with Crippen molar-refractivity contribution in [3.05, 3.63) is 0 Å². The van der Waals surface area contributed by atoms with Crippen LogP contribution in [-0.4, -0.2) is 67.2 Å². The molecule has 2 saturated heterocycles. The highest BCUT2D eigenvalue weighted by Crippen LogP contribution is 2.25. The number of likely N-dealkylation sites (tertiary alicyclic amines) is 1. The Kier molecular flexibility index (Phi) is 5.98. The van der Waals surface area contributed by atoms with Crippen LogP contribution >= 0.6 is 0 Å². The number of hydrogen-bond donors (Lipinski definition) is 1. The minimum atomic E-state index is 0.0611. The van der Waals surface area contributed by atoms with E-state index >= 15 is 0 Å². The lowest BCUT2D eigenvalue weighted by Crippen LogP contribution is -2.52. The van der Waals surface area contributed by atoms with E-state index in [4.69, 9.17) is 4.74 Å². The SMILES string of the molecule is CC1CCCCC1NC(=O)N1CCC(C(=O)N2CCOCC2)CC1. The summed E-state index contributed by atoms with van der Waals surface area (Å²) in [5.74, 6) is 0.892. The maximum atomic E-state index is 12.5. The number of piperidine rings is 1. The third kappa shape index (κ3) is 4.21. The molecular weight excluding hydrogens is 306 g/mol. The molecule has 0 radical (unpaired) electrons. The fourth-order valence-electron chi connectivity index (χ4n) is 4.15. The lowest BCUT2D eigenvalue weighted by Gasteiger charge is -2.37. The molecule has 136 valence electrons. The highest BCUT2D eigenvalue weighted by molar-refractivity contribution is 5.80. The van der Waals surface area contributed by atoms with Crippen LogP contribution in [0, 0.1) is 11.8 Å². The van der Waals surface area contributed by atoms with Gasteiger partial charge in [-0.05, 0) is 31.6 Å². The van der Waals surface area contributed by atoms with Crippen LogP contribution in [0.15, 0.2) is 0 Å². The number of rotatable bonds is 2. The molecule has 2 heterocycles. The molecule has 3 rings (SSSR count). The van der Waals surface area contributed by atoms with Gasteiger partial charge in [0.05, 0.1) is 13.2 Å². The molecule has 2 unspecified atom stereocenters. The number of nitrogens with zero attached hydrogens (tertiary/aromatic N) is 2. The highest BCUT2D eigenvalue weighted by Gasteiger charge is 2.32. The van der Waals surface area contributed by atoms with E-state index in [1.165, 1.54) is 19.3 Å². The first-order chi connectivity index (χ1) is 11.6. The summed E-state index contributed by atoms with van der Waals surface area (Å²) in [5.41, 5.74) is 0. The molecule has 3 amide bonds. The Labute approximate surface area is 144 Å². The van der Waals surface area contributed by atoms with E-state index in [2.05, 4.69) is 12.2 Å². The molecule has 1 saturated carbocycles. The maximum Gasteiger partial charge on any atom is 0.317 e. The molecule has 2 aliphatic heterocycles. The minimum absolute atomic E-state index is 0.0611. The zero-order chi connectivity index (χ0) is 16.9. The number of morpholine rings is 1. The fourth-order valence-corrected chi connectivity index (χ4v) is 4.15. The van der Waals surface area contributed by atoms with Crippen LogP contribution in [0.1, 0.15) is 45.4 Å². The number of urea groups is 1. The zero-order valence-corrected chi connectivity index (χ0v) is 14.8. The van der Waals surface area contributed by atoms with E-state index in [-0.39, 0.29) is 17.9 Å². The summed E-state index contributed by atoms with van der Waals surface area (Å²) in [6.45, 7) is 6.32. The van der Waals surface area contributed by atoms with Crippen LogP contribution in [0.25, 0.3) is 0 Å². The van der Waals surface area contributed by atoms with Crippen molar-refractivity contribution in [2.45, 2.75) is 51.5 Å². The molecule has 0 aromatic heterocycles. The highest BCUT2D eigenvalue weighted by atomic mass is 16.5. The van der Waals surface area contributed by atoms with Gasteiger partial charge in [-0.15, -0.1) is 0 Å². The predicted octanol–water partition coefficient (Wildman–Crippen LogP) is 1.85. The predicted molar refractivity (Wildman–Crippen MR) is 91.6 cm³/mol. The molecule has 24 heavy (non-hydrogen) atoms. The van der Waals surface area contributed by atoms with Crippen LogP contribution in [-0.2, 0) is 9.53 Å². The van der Waals surface area contributed by atoms with Crippen molar-refractivity contribution in [2.24, 2.45) is 11.8 Å². The lowest BCUT2D eigenvalue weighted by atomic mass is 9.86. The Hall–Kier alpha value is -1.30. The summed E-state index contributed by atoms with van der Waals surface area (Å²) < 4.78 is 5.31. The summed E-state index contributed by atoms with van der Waals surface area (Å²) in [6.07, 6.45) is 6.36. The van der Waals surface area contributed by atoms with Gasteiger partial charge in [-0.1, -0.05) is 19.8 Å². The van der Waals surface area contributed by atoms with Gasteiger partial charge in [0.25, 0.3) is 0 Å². The molecule has 6 nitrogen and oxygen atoms in total. The van der Waals surface area contributed by atoms with Gasteiger partial charge in [0, 0.05) is 38.1 Å². The van der Waals surface area contributed by atoms with Crippen LogP contribution in [0.4, 0.5) is 4.79 Å². The summed E-state index contributed by atoms with van der Waals surface area (Å²) in [6, 6.07) is 0.380. The molecule has 6 heteroatoms. The fraction of sp³-hybridized carbons (Fsp3) is 0.889. The van der Waals surface area contributed by atoms with Crippen LogP contribution < -0.4 is 5.32 Å². The summed E-state index contributed by atoms with van der Waals surface area (Å²) >= 11 is 0. The molecule has 1 N–H and O–H groups in total. The Morgan fingerprint density at radius 1 is 0.917 bits per heavy atom. The third-order valence-corrected chi connectivity index (χ3v) is 5.87. The van der Waals surface area contributed by atoms with E-state index < -0.39 is 0 Å². The van der Waals surface area contributed by atoms with Gasteiger partial charge in [-0.3, -0.25) is 4.79 Å². The second-order valence-electron chi connectivity index (χ2n) is 7.52. The van der Waals surface area contributed by atoms with Crippen LogP contribution in [0.5, 0.6) is 0 Å². The number of hydrogen-bond acceptors (Lipinski definition) is 3. The van der Waals surface area contributed by atoms with Crippen molar-refractivity contribution < 1.29 is 14.3 Å². The molecule has 3 fully saturated rings. The van der Waals surface area contributed by atoms with Gasteiger partial charge < -0.3 is 19.9 Å². The van der Waals surface area contributed by atoms with Gasteiger partial charge in [-0.2, -0.15) is 0 Å². The smallest absolute Gasteiger partial charge is 0.317 e. The maximum absolute atomic E-state index is 12.5. The minimum Gasteiger partial charge on any atom is -0.378 e. The van der Waals surface area contributed by atoms with Crippen LogP contribution in [0.3, 0.4) is 0 Å². The normalized spacial score (nSPS) is 29.4. The molecule has 0 spiro atoms. The Morgan fingerprint density at radius 2 is 1.58 bits per heavy atom. The van der Waals surface area contributed by atoms with E-state index in [1.807, 2.05) is 9.80 Å². The molecule has 3 aliphatic rings. The zero-order valence-electron chi connectivity index (χ0n) is 14.8. The number of ether oxygens (including phenoxy) is 1. The van der Waals surface area contributed by atoms with Crippen molar-refractivity contribution in [3.8, 4) is 0 Å². The summed E-state index contributed by atoms with van der Waals surface area (Å²) in [4.78, 5) is 28.9. The number of nitrogens with one attached hydrogen (secondary N) is 1. The van der Waals surface area contributed by atoms with Crippen molar-refractivity contribution in [2.75, 3.05) is 39.4 Å². The van der Waals surface area contributed by atoms with Crippen molar-refractivity contribution in [3.63, 3.8) is 0 Å². The lowest BCUT2D eigenvalue weighted by molar-refractivity contribution is -0.141. The van der Waals surface area contributed by atoms with E-state index in [0.29, 0.717) is 51.4 Å². The second-order valence-corrected chi connectivity index (χ2v) is 7.52. The molecule has 2 atom stereocenters. The average molecular weight is 337 g/mol. The van der Waals surface area contributed by atoms with Crippen molar-refractivity contribution >= 4 is 11.9 Å². The molecule has 0 bridgehead atoms. The Balaban J connectivity index is 1.44. The van der Waals surface area contributed by atoms with Gasteiger partial charge in [0.2, 0.25) is 5.91 Å². The Bertz CT molecular complexity index is 443. The number of carbonyl (C=O) groups is 2. The molecular formula is C18H31N3O3. The average Bonchev–Trinajstić information content (AvgIpc) is 2.64. The molecule has 0 aromatic carbocycles. The second kappa shape index (κ2) is 8.19. The number of carbonyl (C=O) groups excluding carboxylic acids is 2. The van der Waals surface area contributed by atoms with Gasteiger partial charge >= 0.3 is 6.03 Å². The number of amides is 3. The standard InChI is InChI=1S/C18H31N3O3/c1-14-4-2-3-5-16(14)19-18(23)21-8-6-15(7-9-21)17(22)20-10-12-24-13-11-20/h14-16H,2-13H2,1H3,(H,19,23). The summed E-state index contributed by atoms with van der Waals surface area (Å²) in [5, 5.41) is 3.22. The Morgan fingerprint density at radius 3 is 2.25 bits per heavy atom. The largest absolute Gasteiger partial charge is 0.378 e. The monoisotopic (exact) mass is 337 g/mol. The van der Waals surface area contributed by atoms with Crippen LogP contribution in [0.2, 0.25) is 0 Å². The van der Waals surface area contributed by atoms with Gasteiger partial charge in [-0.25, -0.2) is 4.79 Å². The first-order valence-electron chi connectivity index (χ1n) is 9.57. The van der Waals surface area contributed by atoms with E-state index in [0.717, 1.165) is 19.3 Å². The van der Waals surface area contributed by atoms with Gasteiger partial charge in [0.15, 0.2) is 0 Å². The first-order valence-corrected chi connectivity index (χ1v) is 9.57. The molecule has 0 aromatic rings. The molecule has 1 aliphatic carbocycles. The van der Waals surface area contributed by atoms with E-state index in [1.54, 1.807) is 0 Å². The van der Waals surface area contributed by atoms with Gasteiger partial charge in [0.1, 0.15) is 0 Å². The third-order valence-electron chi connectivity index (χ3n) is 5.87. The first kappa shape index (κ1) is 17.5. The summed E-state index contributed by atoms with van der Waals surface area (Å²) in [7, 11) is 0. The van der Waals surface area contributed by atoms with Crippen molar-refractivity contribution in [1.82, 2.24) is 15.1 Å². The van der Waals surface area contributed by atoms with Crippen molar-refractivity contribution in [1.29, 1.82) is 0 Å². The topological polar surface area (TPSA) is 61.9 Å².